The number of methoxy groups -OCH3 is 1. The zero-order valence-corrected chi connectivity index (χ0v) is 16.4. The molecular formula is C18H26BrN3O2. The molecule has 0 aliphatic heterocycles. The fourth-order valence-electron chi connectivity index (χ4n) is 2.62. The van der Waals surface area contributed by atoms with E-state index in [0.717, 1.165) is 47.0 Å². The Balaban J connectivity index is 1.90. The zero-order valence-electron chi connectivity index (χ0n) is 14.8. The third kappa shape index (κ3) is 4.98. The van der Waals surface area contributed by atoms with Crippen LogP contribution in [0.4, 0.5) is 0 Å². The van der Waals surface area contributed by atoms with Crippen LogP contribution >= 0.6 is 15.9 Å². The predicted octanol–water partition coefficient (Wildman–Crippen LogP) is 3.79. The van der Waals surface area contributed by atoms with Crippen LogP contribution in [0.25, 0.3) is 0 Å². The molecule has 6 heteroatoms. The summed E-state index contributed by atoms with van der Waals surface area (Å²) in [6.07, 6.45) is 3.87. The second kappa shape index (κ2) is 9.08. The van der Waals surface area contributed by atoms with Crippen LogP contribution in [0.15, 0.2) is 29.0 Å². The number of rotatable bonds is 9. The van der Waals surface area contributed by atoms with Gasteiger partial charge in [-0.2, -0.15) is 0 Å². The second-order valence-electron chi connectivity index (χ2n) is 5.90. The minimum atomic E-state index is 0.519. The Kier molecular flexibility index (Phi) is 7.12. The molecule has 0 radical (unpaired) electrons. The predicted molar refractivity (Wildman–Crippen MR) is 99.7 cm³/mol. The molecule has 2 aromatic rings. The summed E-state index contributed by atoms with van der Waals surface area (Å²) in [5, 5.41) is 3.51. The first-order chi connectivity index (χ1) is 11.5. The molecule has 0 amide bonds. The first-order valence-corrected chi connectivity index (χ1v) is 9.02. The van der Waals surface area contributed by atoms with Crippen LogP contribution in [0.3, 0.4) is 0 Å². The Morgan fingerprint density at radius 1 is 1.38 bits per heavy atom. The molecule has 0 bridgehead atoms. The molecule has 0 aliphatic rings. The van der Waals surface area contributed by atoms with Gasteiger partial charge < -0.3 is 19.4 Å². The summed E-state index contributed by atoms with van der Waals surface area (Å²) in [7, 11) is 1.66. The van der Waals surface area contributed by atoms with Crippen molar-refractivity contribution in [1.29, 1.82) is 0 Å². The Morgan fingerprint density at radius 2 is 2.17 bits per heavy atom. The van der Waals surface area contributed by atoms with Crippen LogP contribution in [0.1, 0.15) is 25.2 Å². The van der Waals surface area contributed by atoms with Gasteiger partial charge in [0.2, 0.25) is 0 Å². The average molecular weight is 396 g/mol. The summed E-state index contributed by atoms with van der Waals surface area (Å²) >= 11 is 3.57. The van der Waals surface area contributed by atoms with Crippen LogP contribution in [0, 0.1) is 12.8 Å². The van der Waals surface area contributed by atoms with E-state index in [1.165, 1.54) is 0 Å². The number of hydrogen-bond acceptors (Lipinski definition) is 4. The summed E-state index contributed by atoms with van der Waals surface area (Å²) in [6, 6.07) is 4.10. The number of imidazole rings is 1. The van der Waals surface area contributed by atoms with Gasteiger partial charge in [0, 0.05) is 25.5 Å². The molecule has 132 valence electrons. The standard InChI is InChI=1S/C18H26BrN3O2/c1-5-24-18-16(19)8-15(9-17(18)23-4)11-20-10-13(2)12-22-7-6-21-14(22)3/h6-9,13,20H,5,10-12H2,1-4H3. The van der Waals surface area contributed by atoms with E-state index in [9.17, 15) is 0 Å². The van der Waals surface area contributed by atoms with Gasteiger partial charge in [0.25, 0.3) is 0 Å². The van der Waals surface area contributed by atoms with Crippen molar-refractivity contribution in [2.24, 2.45) is 5.92 Å². The number of nitrogens with zero attached hydrogens (tertiary/aromatic N) is 2. The molecule has 5 nitrogen and oxygen atoms in total. The molecule has 1 atom stereocenters. The smallest absolute Gasteiger partial charge is 0.175 e. The number of halogens is 1. The maximum Gasteiger partial charge on any atom is 0.175 e. The molecule has 0 fully saturated rings. The largest absolute Gasteiger partial charge is 0.493 e. The van der Waals surface area contributed by atoms with Gasteiger partial charge in [-0.3, -0.25) is 0 Å². The van der Waals surface area contributed by atoms with Crippen LogP contribution in [-0.2, 0) is 13.1 Å². The number of nitrogens with one attached hydrogen (secondary N) is 1. The highest BCUT2D eigenvalue weighted by molar-refractivity contribution is 9.10. The molecule has 1 unspecified atom stereocenters. The summed E-state index contributed by atoms with van der Waals surface area (Å²) in [4.78, 5) is 4.26. The lowest BCUT2D eigenvalue weighted by Gasteiger charge is -2.16. The van der Waals surface area contributed by atoms with Gasteiger partial charge in [-0.15, -0.1) is 0 Å². The fraction of sp³-hybridized carbons (Fsp3) is 0.500. The molecule has 24 heavy (non-hydrogen) atoms. The normalized spacial score (nSPS) is 12.2. The van der Waals surface area contributed by atoms with Crippen LogP contribution in [0.5, 0.6) is 11.5 Å². The summed E-state index contributed by atoms with van der Waals surface area (Å²) in [5.41, 5.74) is 1.16. The fourth-order valence-corrected chi connectivity index (χ4v) is 3.22. The molecule has 1 N–H and O–H groups in total. The van der Waals surface area contributed by atoms with Crippen molar-refractivity contribution in [2.45, 2.75) is 33.9 Å². The highest BCUT2D eigenvalue weighted by Gasteiger charge is 2.11. The first-order valence-electron chi connectivity index (χ1n) is 8.22. The molecule has 0 spiro atoms. The van der Waals surface area contributed by atoms with Gasteiger partial charge in [0.05, 0.1) is 18.2 Å². The van der Waals surface area contributed by atoms with Crippen molar-refractivity contribution in [3.8, 4) is 11.5 Å². The zero-order chi connectivity index (χ0) is 17.5. The van der Waals surface area contributed by atoms with E-state index in [-0.39, 0.29) is 0 Å². The Labute approximate surface area is 152 Å². The molecule has 0 aliphatic carbocycles. The maximum absolute atomic E-state index is 5.63. The monoisotopic (exact) mass is 395 g/mol. The van der Waals surface area contributed by atoms with Gasteiger partial charge in [0.1, 0.15) is 5.82 Å². The van der Waals surface area contributed by atoms with E-state index >= 15 is 0 Å². The Morgan fingerprint density at radius 3 is 2.79 bits per heavy atom. The average Bonchev–Trinajstić information content (AvgIpc) is 2.94. The van der Waals surface area contributed by atoms with Gasteiger partial charge >= 0.3 is 0 Å². The molecule has 1 heterocycles. The molecule has 0 saturated carbocycles. The number of ether oxygens (including phenoxy) is 2. The quantitative estimate of drug-likeness (QED) is 0.701. The van der Waals surface area contributed by atoms with Gasteiger partial charge in [0.15, 0.2) is 11.5 Å². The van der Waals surface area contributed by atoms with Crippen LogP contribution in [-0.4, -0.2) is 29.8 Å². The molecule has 1 aromatic carbocycles. The minimum absolute atomic E-state index is 0.519. The van der Waals surface area contributed by atoms with Crippen molar-refractivity contribution in [3.05, 3.63) is 40.4 Å². The third-order valence-corrected chi connectivity index (χ3v) is 4.42. The van der Waals surface area contributed by atoms with Crippen LogP contribution in [0.2, 0.25) is 0 Å². The summed E-state index contributed by atoms with van der Waals surface area (Å²) < 4.78 is 14.2. The van der Waals surface area contributed by atoms with Gasteiger partial charge in [-0.05, 0) is 59.9 Å². The lowest BCUT2D eigenvalue weighted by molar-refractivity contribution is 0.308. The van der Waals surface area contributed by atoms with Crippen LogP contribution < -0.4 is 14.8 Å². The first kappa shape index (κ1) is 18.8. The van der Waals surface area contributed by atoms with Crippen molar-refractivity contribution in [3.63, 3.8) is 0 Å². The highest BCUT2D eigenvalue weighted by atomic mass is 79.9. The summed E-state index contributed by atoms with van der Waals surface area (Å²) in [5.74, 6) is 3.09. The van der Waals surface area contributed by atoms with Gasteiger partial charge in [-0.1, -0.05) is 6.92 Å². The third-order valence-electron chi connectivity index (χ3n) is 3.83. The second-order valence-corrected chi connectivity index (χ2v) is 6.76. The van der Waals surface area contributed by atoms with Crippen molar-refractivity contribution in [2.75, 3.05) is 20.3 Å². The van der Waals surface area contributed by atoms with Crippen molar-refractivity contribution < 1.29 is 9.47 Å². The summed E-state index contributed by atoms with van der Waals surface area (Å²) in [6.45, 7) is 9.53. The Hall–Kier alpha value is -1.53. The molecule has 1 aromatic heterocycles. The Bertz CT molecular complexity index is 658. The minimum Gasteiger partial charge on any atom is -0.493 e. The lowest BCUT2D eigenvalue weighted by atomic mass is 10.1. The van der Waals surface area contributed by atoms with E-state index in [1.54, 1.807) is 7.11 Å². The van der Waals surface area contributed by atoms with E-state index in [4.69, 9.17) is 9.47 Å². The van der Waals surface area contributed by atoms with Crippen molar-refractivity contribution >= 4 is 15.9 Å². The number of benzene rings is 1. The molecular weight excluding hydrogens is 370 g/mol. The number of hydrogen-bond donors (Lipinski definition) is 1. The highest BCUT2D eigenvalue weighted by Crippen LogP contribution is 2.36. The SMILES string of the molecule is CCOc1c(Br)cc(CNCC(C)Cn2ccnc2C)cc1OC. The van der Waals surface area contributed by atoms with Crippen molar-refractivity contribution in [1.82, 2.24) is 14.9 Å². The van der Waals surface area contributed by atoms with E-state index in [2.05, 4.69) is 43.8 Å². The van der Waals surface area contributed by atoms with E-state index in [1.807, 2.05) is 32.3 Å². The van der Waals surface area contributed by atoms with E-state index < -0.39 is 0 Å². The maximum atomic E-state index is 5.63. The molecule has 0 saturated heterocycles. The van der Waals surface area contributed by atoms with E-state index in [0.29, 0.717) is 12.5 Å². The lowest BCUT2D eigenvalue weighted by Crippen LogP contribution is -2.24. The number of aromatic nitrogens is 2. The molecule has 2 rings (SSSR count). The van der Waals surface area contributed by atoms with Gasteiger partial charge in [-0.25, -0.2) is 4.98 Å². The number of aryl methyl sites for hydroxylation is 1. The topological polar surface area (TPSA) is 48.3 Å².